The van der Waals surface area contributed by atoms with Crippen LogP contribution in [0.2, 0.25) is 19.6 Å². The van der Waals surface area contributed by atoms with Crippen LogP contribution in [0.4, 0.5) is 0 Å². The monoisotopic (exact) mass is 222 g/mol. The Bertz CT molecular complexity index is 125. The van der Waals surface area contributed by atoms with E-state index in [0.29, 0.717) is 0 Å². The number of rotatable bonds is 7. The highest BCUT2D eigenvalue weighted by molar-refractivity contribution is 6.73. The van der Waals surface area contributed by atoms with Gasteiger partial charge in [-0.05, 0) is 26.1 Å². The molecule has 0 aliphatic rings. The third-order valence-corrected chi connectivity index (χ3v) is 5.98. The van der Waals surface area contributed by atoms with Crippen LogP contribution in [-0.2, 0) is 13.3 Å². The molecule has 0 N–H and O–H groups in total. The lowest BCUT2D eigenvalue weighted by atomic mass is 10.3. The third-order valence-electron chi connectivity index (χ3n) is 1.53. The largest absolute Gasteiger partial charge is 0.441 e. The Hall–Kier alpha value is 0.314. The van der Waals surface area contributed by atoms with E-state index >= 15 is 0 Å². The van der Waals surface area contributed by atoms with Crippen LogP contribution >= 0.6 is 0 Å². The lowest BCUT2D eigenvalue weighted by molar-refractivity contribution is -0.0639. The van der Waals surface area contributed by atoms with Crippen molar-refractivity contribution >= 4 is 18.3 Å². The molecule has 0 bridgehead atoms. The zero-order chi connectivity index (χ0) is 10.3. The maximum absolute atomic E-state index is 5.68. The molecule has 80 valence electrons. The van der Waals surface area contributed by atoms with Gasteiger partial charge in [0.1, 0.15) is 6.29 Å². The van der Waals surface area contributed by atoms with Crippen molar-refractivity contribution in [3.05, 3.63) is 0 Å². The first kappa shape index (κ1) is 13.3. The topological polar surface area (TPSA) is 27.7 Å². The lowest BCUT2D eigenvalue weighted by Crippen LogP contribution is -2.31. The van der Waals surface area contributed by atoms with Crippen LogP contribution in [0.15, 0.2) is 0 Å². The summed E-state index contributed by atoms with van der Waals surface area (Å²) >= 11 is 0. The van der Waals surface area contributed by atoms with Gasteiger partial charge in [-0.25, -0.2) is 0 Å². The molecule has 0 spiro atoms. The van der Waals surface area contributed by atoms with Crippen LogP contribution in [-0.4, -0.2) is 31.7 Å². The van der Waals surface area contributed by atoms with E-state index in [-0.39, 0.29) is 6.29 Å². The van der Waals surface area contributed by atoms with Gasteiger partial charge in [0.15, 0.2) is 8.32 Å². The molecule has 5 heteroatoms. The van der Waals surface area contributed by atoms with E-state index in [9.17, 15) is 0 Å². The van der Waals surface area contributed by atoms with Crippen LogP contribution in [0.25, 0.3) is 0 Å². The highest BCUT2D eigenvalue weighted by Gasteiger charge is 2.15. The number of methoxy groups -OCH3 is 1. The van der Waals surface area contributed by atoms with E-state index in [2.05, 4.69) is 26.6 Å². The first-order chi connectivity index (χ1) is 5.99. The Morgan fingerprint density at radius 1 is 1.31 bits per heavy atom. The standard InChI is InChI=1S/C8H22O3Si2/c1-6-7-8(9-2)10-12-11-13(3,4)5/h8H,6-7,12H2,1-5H3. The van der Waals surface area contributed by atoms with Crippen molar-refractivity contribution in [2.45, 2.75) is 45.7 Å². The SMILES string of the molecule is CCCC(OC)O[SiH2]O[Si](C)(C)C. The second kappa shape index (κ2) is 6.72. The van der Waals surface area contributed by atoms with Crippen molar-refractivity contribution in [2.24, 2.45) is 0 Å². The molecule has 0 aliphatic heterocycles. The molecule has 3 nitrogen and oxygen atoms in total. The average molecular weight is 222 g/mol. The molecule has 1 unspecified atom stereocenters. The van der Waals surface area contributed by atoms with Gasteiger partial charge < -0.3 is 13.3 Å². The quantitative estimate of drug-likeness (QED) is 0.484. The van der Waals surface area contributed by atoms with Gasteiger partial charge in [-0.1, -0.05) is 13.3 Å². The lowest BCUT2D eigenvalue weighted by Gasteiger charge is -2.20. The normalized spacial score (nSPS) is 15.5. The molecule has 0 heterocycles. The Morgan fingerprint density at radius 2 is 1.92 bits per heavy atom. The highest BCUT2D eigenvalue weighted by Crippen LogP contribution is 2.05. The number of hydrogen-bond acceptors (Lipinski definition) is 3. The first-order valence-corrected chi connectivity index (χ1v) is 9.34. The molecule has 0 rings (SSSR count). The smallest absolute Gasteiger partial charge is 0.296 e. The van der Waals surface area contributed by atoms with Gasteiger partial charge >= 0.3 is 0 Å². The molecule has 0 aliphatic carbocycles. The molecule has 13 heavy (non-hydrogen) atoms. The molecule has 0 aromatic carbocycles. The maximum Gasteiger partial charge on any atom is 0.296 e. The molecular weight excluding hydrogens is 200 g/mol. The summed E-state index contributed by atoms with van der Waals surface area (Å²) in [5.41, 5.74) is 0. The minimum atomic E-state index is -1.38. The van der Waals surface area contributed by atoms with Crippen molar-refractivity contribution in [3.63, 3.8) is 0 Å². The Balaban J connectivity index is 3.49. The van der Waals surface area contributed by atoms with Crippen molar-refractivity contribution in [1.29, 1.82) is 0 Å². The summed E-state index contributed by atoms with van der Waals surface area (Å²) in [6.07, 6.45) is 1.99. The van der Waals surface area contributed by atoms with Crippen molar-refractivity contribution in [3.8, 4) is 0 Å². The highest BCUT2D eigenvalue weighted by atomic mass is 28.4. The van der Waals surface area contributed by atoms with Gasteiger partial charge in [-0.15, -0.1) is 0 Å². The molecular formula is C8H22O3Si2. The minimum absolute atomic E-state index is 0.0481. The van der Waals surface area contributed by atoms with E-state index in [0.717, 1.165) is 12.8 Å². The van der Waals surface area contributed by atoms with Gasteiger partial charge in [-0.2, -0.15) is 0 Å². The van der Waals surface area contributed by atoms with Crippen molar-refractivity contribution in [2.75, 3.05) is 7.11 Å². The fourth-order valence-corrected chi connectivity index (χ4v) is 2.93. The van der Waals surface area contributed by atoms with Crippen LogP contribution < -0.4 is 0 Å². The average Bonchev–Trinajstić information content (AvgIpc) is 2.01. The zero-order valence-electron chi connectivity index (χ0n) is 9.42. The summed E-state index contributed by atoms with van der Waals surface area (Å²) in [5.74, 6) is 0. The van der Waals surface area contributed by atoms with Crippen LogP contribution in [0.1, 0.15) is 19.8 Å². The Labute approximate surface area is 85.0 Å². The number of hydrogen-bond donors (Lipinski definition) is 0. The Morgan fingerprint density at radius 3 is 2.31 bits per heavy atom. The second-order valence-electron chi connectivity index (χ2n) is 4.00. The number of ether oxygens (including phenoxy) is 1. The molecule has 0 radical (unpaired) electrons. The summed E-state index contributed by atoms with van der Waals surface area (Å²) < 4.78 is 16.4. The Kier molecular flexibility index (Phi) is 6.88. The van der Waals surface area contributed by atoms with E-state index < -0.39 is 18.3 Å². The first-order valence-electron chi connectivity index (χ1n) is 4.78. The second-order valence-corrected chi connectivity index (χ2v) is 9.94. The predicted octanol–water partition coefficient (Wildman–Crippen LogP) is 1.63. The van der Waals surface area contributed by atoms with Crippen LogP contribution in [0, 0.1) is 0 Å². The predicted molar refractivity (Wildman–Crippen MR) is 59.8 cm³/mol. The summed E-state index contributed by atoms with van der Waals surface area (Å²) in [4.78, 5) is 0. The third kappa shape index (κ3) is 8.64. The maximum atomic E-state index is 5.68. The summed E-state index contributed by atoms with van der Waals surface area (Å²) in [7, 11) is -0.530. The van der Waals surface area contributed by atoms with E-state index in [1.54, 1.807) is 7.11 Å². The van der Waals surface area contributed by atoms with Gasteiger partial charge in [-0.3, -0.25) is 0 Å². The van der Waals surface area contributed by atoms with Gasteiger partial charge in [0, 0.05) is 7.11 Å². The zero-order valence-corrected chi connectivity index (χ0v) is 11.8. The van der Waals surface area contributed by atoms with E-state index in [4.69, 9.17) is 13.3 Å². The fourth-order valence-electron chi connectivity index (χ4n) is 0.792. The minimum Gasteiger partial charge on any atom is -0.441 e. The summed E-state index contributed by atoms with van der Waals surface area (Å²) in [6, 6.07) is 0. The van der Waals surface area contributed by atoms with Crippen molar-refractivity contribution in [1.82, 2.24) is 0 Å². The van der Waals surface area contributed by atoms with E-state index in [1.807, 2.05) is 0 Å². The van der Waals surface area contributed by atoms with Gasteiger partial charge in [0.05, 0.1) is 0 Å². The molecule has 0 aromatic rings. The van der Waals surface area contributed by atoms with Crippen LogP contribution in [0.5, 0.6) is 0 Å². The molecule has 0 amide bonds. The van der Waals surface area contributed by atoms with Crippen molar-refractivity contribution < 1.29 is 13.3 Å². The summed E-state index contributed by atoms with van der Waals surface area (Å²) in [6.45, 7) is 8.64. The fraction of sp³-hybridized carbons (Fsp3) is 1.00. The van der Waals surface area contributed by atoms with Crippen LogP contribution in [0.3, 0.4) is 0 Å². The summed E-state index contributed by atoms with van der Waals surface area (Å²) in [5, 5.41) is 0. The molecule has 0 fully saturated rings. The molecule has 0 saturated heterocycles. The molecule has 0 aromatic heterocycles. The van der Waals surface area contributed by atoms with Gasteiger partial charge in [0.25, 0.3) is 10.0 Å². The van der Waals surface area contributed by atoms with E-state index in [1.165, 1.54) is 0 Å². The van der Waals surface area contributed by atoms with Gasteiger partial charge in [0.2, 0.25) is 0 Å². The molecule has 1 atom stereocenters. The molecule has 0 saturated carbocycles.